The van der Waals surface area contributed by atoms with Gasteiger partial charge in [0.2, 0.25) is 0 Å². The Balaban J connectivity index is 1.69. The lowest BCUT2D eigenvalue weighted by Gasteiger charge is -2.58. The van der Waals surface area contributed by atoms with Crippen molar-refractivity contribution >= 4 is 11.6 Å². The maximum Gasteiger partial charge on any atom is 0.273 e. The maximum absolute atomic E-state index is 12.8. The summed E-state index contributed by atoms with van der Waals surface area (Å²) in [5, 5.41) is 9.85. The fraction of sp³-hybridized carbons (Fsp3) is 0.333. The zero-order chi connectivity index (χ0) is 16.0. The predicted molar refractivity (Wildman–Crippen MR) is 87.5 cm³/mol. The van der Waals surface area contributed by atoms with E-state index in [9.17, 15) is 9.90 Å². The highest BCUT2D eigenvalue weighted by Gasteiger charge is 2.54. The lowest BCUT2D eigenvalue weighted by atomic mass is 9.72. The number of carbonyl (C=O) groups excluding carboxylic acids is 1. The van der Waals surface area contributed by atoms with Crippen LogP contribution in [-0.4, -0.2) is 53.2 Å². The van der Waals surface area contributed by atoms with Crippen LogP contribution in [0.3, 0.4) is 0 Å². The molecule has 0 saturated carbocycles. The Morgan fingerprint density at radius 2 is 2.04 bits per heavy atom. The van der Waals surface area contributed by atoms with Crippen molar-refractivity contribution in [2.75, 3.05) is 25.1 Å². The predicted octanol–water partition coefficient (Wildman–Crippen LogP) is 1.50. The summed E-state index contributed by atoms with van der Waals surface area (Å²) in [7, 11) is 2.05. The summed E-state index contributed by atoms with van der Waals surface area (Å²) < 4.78 is 0. The maximum atomic E-state index is 12.8. The van der Waals surface area contributed by atoms with E-state index < -0.39 is 0 Å². The molecule has 1 saturated heterocycles. The van der Waals surface area contributed by atoms with Crippen molar-refractivity contribution in [3.05, 3.63) is 59.9 Å². The fourth-order valence-corrected chi connectivity index (χ4v) is 3.98. The number of likely N-dealkylation sites (tertiary alicyclic amines) is 1. The van der Waals surface area contributed by atoms with Crippen LogP contribution in [0, 0.1) is 0 Å². The van der Waals surface area contributed by atoms with Crippen LogP contribution in [0.15, 0.2) is 48.7 Å². The Kier molecular flexibility index (Phi) is 3.31. The first-order valence-corrected chi connectivity index (χ1v) is 7.87. The van der Waals surface area contributed by atoms with Crippen LogP contribution in [0.25, 0.3) is 0 Å². The molecule has 0 aliphatic carbocycles. The highest BCUT2D eigenvalue weighted by molar-refractivity contribution is 5.94. The minimum absolute atomic E-state index is 0.0300. The van der Waals surface area contributed by atoms with Crippen LogP contribution >= 0.6 is 0 Å². The molecule has 5 nitrogen and oxygen atoms in total. The van der Waals surface area contributed by atoms with Crippen molar-refractivity contribution in [3.63, 3.8) is 0 Å². The second-order valence-corrected chi connectivity index (χ2v) is 6.21. The minimum Gasteiger partial charge on any atom is -0.394 e. The molecule has 2 aliphatic heterocycles. The Labute approximate surface area is 135 Å². The van der Waals surface area contributed by atoms with E-state index in [1.807, 2.05) is 25.2 Å². The molecule has 1 aromatic heterocycles. The van der Waals surface area contributed by atoms with Gasteiger partial charge in [-0.2, -0.15) is 0 Å². The minimum atomic E-state index is -0.177. The second-order valence-electron chi connectivity index (χ2n) is 6.21. The van der Waals surface area contributed by atoms with Crippen molar-refractivity contribution in [3.8, 4) is 0 Å². The van der Waals surface area contributed by atoms with Gasteiger partial charge in [0.15, 0.2) is 0 Å². The van der Waals surface area contributed by atoms with Gasteiger partial charge in [-0.3, -0.25) is 9.78 Å². The first-order valence-electron chi connectivity index (χ1n) is 7.87. The topological polar surface area (TPSA) is 56.7 Å². The molecule has 1 amide bonds. The zero-order valence-corrected chi connectivity index (χ0v) is 13.0. The van der Waals surface area contributed by atoms with Crippen LogP contribution < -0.4 is 4.90 Å². The quantitative estimate of drug-likeness (QED) is 0.913. The summed E-state index contributed by atoms with van der Waals surface area (Å²) in [5.74, 6) is 0.0961. The molecule has 2 aromatic rings. The van der Waals surface area contributed by atoms with Gasteiger partial charge in [-0.15, -0.1) is 0 Å². The largest absolute Gasteiger partial charge is 0.394 e. The highest BCUT2D eigenvalue weighted by atomic mass is 16.3. The molecule has 0 radical (unpaired) electrons. The molecule has 1 aromatic carbocycles. The van der Waals surface area contributed by atoms with E-state index in [2.05, 4.69) is 22.0 Å². The summed E-state index contributed by atoms with van der Waals surface area (Å²) >= 11 is 0. The van der Waals surface area contributed by atoms with E-state index in [1.165, 1.54) is 11.3 Å². The van der Waals surface area contributed by atoms with Gasteiger partial charge < -0.3 is 14.9 Å². The Morgan fingerprint density at radius 1 is 1.26 bits per heavy atom. The number of aromatic nitrogens is 1. The van der Waals surface area contributed by atoms with E-state index >= 15 is 0 Å². The number of hydrogen-bond donors (Lipinski definition) is 1. The third-order valence-electron chi connectivity index (χ3n) is 5.02. The van der Waals surface area contributed by atoms with Crippen molar-refractivity contribution in [2.24, 2.45) is 0 Å². The number of carbonyl (C=O) groups is 1. The van der Waals surface area contributed by atoms with E-state index in [4.69, 9.17) is 0 Å². The molecular formula is C18H19N3O2. The smallest absolute Gasteiger partial charge is 0.273 e. The van der Waals surface area contributed by atoms with Gasteiger partial charge in [-0.1, -0.05) is 24.3 Å². The normalized spacial score (nSPS) is 25.4. The summed E-state index contributed by atoms with van der Waals surface area (Å²) in [4.78, 5) is 21.0. The number of amides is 1. The van der Waals surface area contributed by atoms with Crippen LogP contribution in [0.1, 0.15) is 22.0 Å². The fourth-order valence-electron chi connectivity index (χ4n) is 3.98. The molecule has 3 atom stereocenters. The summed E-state index contributed by atoms with van der Waals surface area (Å²) in [6.45, 7) is 0.745. The number of rotatable bonds is 2. The van der Waals surface area contributed by atoms with E-state index in [0.717, 1.165) is 6.54 Å². The second kappa shape index (κ2) is 5.35. The molecule has 3 heterocycles. The van der Waals surface area contributed by atoms with Gasteiger partial charge in [0.05, 0.1) is 18.7 Å². The summed E-state index contributed by atoms with van der Waals surface area (Å²) in [6.07, 6.45) is 1.63. The molecule has 23 heavy (non-hydrogen) atoms. The Bertz CT molecular complexity index is 734. The van der Waals surface area contributed by atoms with E-state index in [-0.39, 0.29) is 30.5 Å². The number of benzene rings is 1. The number of pyridine rings is 1. The van der Waals surface area contributed by atoms with Crippen LogP contribution in [0.2, 0.25) is 0 Å². The van der Waals surface area contributed by atoms with Gasteiger partial charge >= 0.3 is 0 Å². The third-order valence-corrected chi connectivity index (χ3v) is 5.02. The van der Waals surface area contributed by atoms with Crippen molar-refractivity contribution in [1.82, 2.24) is 9.88 Å². The number of likely N-dealkylation sites (N-methyl/N-ethyl adjacent to an activating group) is 1. The lowest BCUT2D eigenvalue weighted by Crippen LogP contribution is -2.70. The standard InChI is InChI=1S/C18H19N3O2/c1-20-10-15-17(12-6-2-3-8-14(12)20)16(11-22)21(15)18(23)13-7-4-5-9-19-13/h2-9,15-17,22H,10-11H2,1H3/t15-,16+,17+/m1/s1. The van der Waals surface area contributed by atoms with E-state index in [1.54, 1.807) is 23.2 Å². The molecule has 1 N–H and O–H groups in total. The molecule has 4 rings (SSSR count). The number of aliphatic hydroxyl groups excluding tert-OH is 1. The molecule has 0 unspecified atom stereocenters. The zero-order valence-electron chi connectivity index (χ0n) is 13.0. The average molecular weight is 309 g/mol. The SMILES string of the molecule is CN1C[C@@H]2[C@H](c3ccccc31)[C@H](CO)N2C(=O)c1ccccn1. The molecule has 5 heteroatoms. The van der Waals surface area contributed by atoms with Crippen LogP contribution in [0.4, 0.5) is 5.69 Å². The van der Waals surface area contributed by atoms with Crippen molar-refractivity contribution in [2.45, 2.75) is 18.0 Å². The number of fused-ring (bicyclic) bond motifs is 3. The number of nitrogens with zero attached hydrogens (tertiary/aromatic N) is 3. The summed E-state index contributed by atoms with van der Waals surface area (Å²) in [6, 6.07) is 13.5. The molecule has 1 fully saturated rings. The van der Waals surface area contributed by atoms with Crippen LogP contribution in [-0.2, 0) is 0 Å². The van der Waals surface area contributed by atoms with Crippen molar-refractivity contribution in [1.29, 1.82) is 0 Å². The molecule has 118 valence electrons. The first kappa shape index (κ1) is 14.2. The van der Waals surface area contributed by atoms with Gasteiger partial charge in [-0.25, -0.2) is 0 Å². The molecule has 2 aliphatic rings. The first-order chi connectivity index (χ1) is 11.2. The van der Waals surface area contributed by atoms with Gasteiger partial charge in [0.25, 0.3) is 5.91 Å². The number of anilines is 1. The van der Waals surface area contributed by atoms with Crippen molar-refractivity contribution < 1.29 is 9.90 Å². The number of aliphatic hydroxyl groups is 1. The van der Waals surface area contributed by atoms with Crippen LogP contribution in [0.5, 0.6) is 0 Å². The molecular weight excluding hydrogens is 290 g/mol. The molecule has 0 bridgehead atoms. The van der Waals surface area contributed by atoms with Gasteiger partial charge in [0, 0.05) is 31.4 Å². The Morgan fingerprint density at radius 3 is 2.78 bits per heavy atom. The monoisotopic (exact) mass is 309 g/mol. The van der Waals surface area contributed by atoms with Gasteiger partial charge in [-0.05, 0) is 23.8 Å². The average Bonchev–Trinajstić information content (AvgIpc) is 2.58. The number of para-hydroxylation sites is 1. The lowest BCUT2D eigenvalue weighted by molar-refractivity contribution is -0.0249. The highest BCUT2D eigenvalue weighted by Crippen LogP contribution is 2.47. The van der Waals surface area contributed by atoms with Gasteiger partial charge in [0.1, 0.15) is 5.69 Å². The third kappa shape index (κ3) is 2.04. The Hall–Kier alpha value is -2.40. The number of hydrogen-bond acceptors (Lipinski definition) is 4. The summed E-state index contributed by atoms with van der Waals surface area (Å²) in [5.41, 5.74) is 2.85. The van der Waals surface area contributed by atoms with E-state index in [0.29, 0.717) is 5.69 Å². The molecule has 0 spiro atoms.